The number of ketones is 1. The van der Waals surface area contributed by atoms with Crippen molar-refractivity contribution in [1.82, 2.24) is 0 Å². The standard InChI is InChI=1S/C13H7BrClNO5S/c14-12-4-3-11(22-12)10(17)6-21-13(18)7-1-2-8(15)9(5-7)16(19)20/h1-5H,6H2. The number of ether oxygens (including phenoxy) is 1. The van der Waals surface area contributed by atoms with Crippen molar-refractivity contribution in [3.63, 3.8) is 0 Å². The molecule has 0 aliphatic carbocycles. The molecule has 0 N–H and O–H groups in total. The molecule has 22 heavy (non-hydrogen) atoms. The van der Waals surface area contributed by atoms with Crippen LogP contribution in [0.2, 0.25) is 5.02 Å². The Bertz CT molecular complexity index is 761. The van der Waals surface area contributed by atoms with Gasteiger partial charge in [0.05, 0.1) is 19.2 Å². The number of carbonyl (C=O) groups is 2. The number of hydrogen-bond donors (Lipinski definition) is 0. The van der Waals surface area contributed by atoms with Crippen LogP contribution in [0.25, 0.3) is 0 Å². The van der Waals surface area contributed by atoms with Gasteiger partial charge in [0.25, 0.3) is 5.69 Å². The molecule has 1 aromatic carbocycles. The molecule has 0 aliphatic rings. The highest BCUT2D eigenvalue weighted by molar-refractivity contribution is 9.11. The lowest BCUT2D eigenvalue weighted by Gasteiger charge is -2.04. The van der Waals surface area contributed by atoms with Crippen molar-refractivity contribution < 1.29 is 19.2 Å². The first-order valence-electron chi connectivity index (χ1n) is 5.78. The Morgan fingerprint density at radius 1 is 1.32 bits per heavy atom. The van der Waals surface area contributed by atoms with Crippen LogP contribution >= 0.6 is 38.9 Å². The number of esters is 1. The van der Waals surface area contributed by atoms with Gasteiger partial charge in [-0.25, -0.2) is 4.79 Å². The second-order valence-electron chi connectivity index (χ2n) is 4.03. The molecule has 0 fully saturated rings. The Labute approximate surface area is 141 Å². The van der Waals surface area contributed by atoms with E-state index in [1.807, 2.05) is 0 Å². The number of nitro benzene ring substituents is 1. The third-order valence-electron chi connectivity index (χ3n) is 2.56. The van der Waals surface area contributed by atoms with E-state index in [0.29, 0.717) is 4.88 Å². The number of hydrogen-bond acceptors (Lipinski definition) is 6. The smallest absolute Gasteiger partial charge is 0.338 e. The number of Topliss-reactive ketones (excluding diaryl/α,β-unsaturated/α-hetero) is 1. The molecule has 2 rings (SSSR count). The van der Waals surface area contributed by atoms with Crippen LogP contribution in [0.3, 0.4) is 0 Å². The van der Waals surface area contributed by atoms with Crippen molar-refractivity contribution in [3.8, 4) is 0 Å². The van der Waals surface area contributed by atoms with Crippen LogP contribution in [0.4, 0.5) is 5.69 Å². The zero-order chi connectivity index (χ0) is 16.3. The highest BCUT2D eigenvalue weighted by Crippen LogP contribution is 2.26. The zero-order valence-corrected chi connectivity index (χ0v) is 13.9. The fraction of sp³-hybridized carbons (Fsp3) is 0.0769. The number of thiophene rings is 1. The van der Waals surface area contributed by atoms with Crippen molar-refractivity contribution in [2.75, 3.05) is 6.61 Å². The highest BCUT2D eigenvalue weighted by atomic mass is 79.9. The summed E-state index contributed by atoms with van der Waals surface area (Å²) in [5.74, 6) is -1.18. The first-order chi connectivity index (χ1) is 10.4. The second kappa shape index (κ2) is 6.99. The quantitative estimate of drug-likeness (QED) is 0.324. The summed E-state index contributed by atoms with van der Waals surface area (Å²) in [6.45, 7) is -0.442. The predicted octanol–water partition coefficient (Wildman–Crippen LogP) is 4.11. The molecule has 0 spiro atoms. The van der Waals surface area contributed by atoms with Crippen molar-refractivity contribution in [2.45, 2.75) is 0 Å². The van der Waals surface area contributed by atoms with Gasteiger partial charge in [-0.15, -0.1) is 11.3 Å². The van der Waals surface area contributed by atoms with Gasteiger partial charge < -0.3 is 4.74 Å². The molecule has 0 unspecified atom stereocenters. The zero-order valence-electron chi connectivity index (χ0n) is 10.7. The summed E-state index contributed by atoms with van der Waals surface area (Å²) in [6.07, 6.45) is 0. The van der Waals surface area contributed by atoms with E-state index >= 15 is 0 Å². The van der Waals surface area contributed by atoms with Gasteiger partial charge in [-0.05, 0) is 40.2 Å². The van der Waals surface area contributed by atoms with E-state index in [0.717, 1.165) is 9.85 Å². The maximum absolute atomic E-state index is 11.8. The Kier molecular flexibility index (Phi) is 5.28. The van der Waals surface area contributed by atoms with E-state index in [4.69, 9.17) is 16.3 Å². The topological polar surface area (TPSA) is 86.5 Å². The summed E-state index contributed by atoms with van der Waals surface area (Å²) in [4.78, 5) is 34.1. The Morgan fingerprint density at radius 3 is 2.64 bits per heavy atom. The third kappa shape index (κ3) is 3.90. The maximum Gasteiger partial charge on any atom is 0.338 e. The molecule has 9 heteroatoms. The van der Waals surface area contributed by atoms with Crippen LogP contribution in [-0.4, -0.2) is 23.3 Å². The predicted molar refractivity (Wildman–Crippen MR) is 84.7 cm³/mol. The van der Waals surface area contributed by atoms with Crippen LogP contribution in [0.5, 0.6) is 0 Å². The molecule has 1 heterocycles. The minimum atomic E-state index is -0.830. The largest absolute Gasteiger partial charge is 0.454 e. The summed E-state index contributed by atoms with van der Waals surface area (Å²) in [7, 11) is 0. The van der Waals surface area contributed by atoms with Crippen LogP contribution in [0, 0.1) is 10.1 Å². The minimum Gasteiger partial charge on any atom is -0.454 e. The number of carbonyl (C=O) groups excluding carboxylic acids is 2. The molecule has 0 saturated carbocycles. The number of halogens is 2. The van der Waals surface area contributed by atoms with Gasteiger partial charge in [-0.1, -0.05) is 11.6 Å². The summed E-state index contributed by atoms with van der Waals surface area (Å²) >= 11 is 10.1. The van der Waals surface area contributed by atoms with Gasteiger partial charge in [0, 0.05) is 6.07 Å². The van der Waals surface area contributed by atoms with E-state index in [1.54, 1.807) is 12.1 Å². The molecule has 0 saturated heterocycles. The van der Waals surface area contributed by atoms with Crippen LogP contribution in [0.1, 0.15) is 20.0 Å². The highest BCUT2D eigenvalue weighted by Gasteiger charge is 2.18. The second-order valence-corrected chi connectivity index (χ2v) is 6.90. The van der Waals surface area contributed by atoms with Gasteiger partial charge in [0.1, 0.15) is 5.02 Å². The number of nitro groups is 1. The Balaban J connectivity index is 2.05. The van der Waals surface area contributed by atoms with E-state index < -0.39 is 23.2 Å². The molecular weight excluding hydrogens is 398 g/mol. The summed E-state index contributed by atoms with van der Waals surface area (Å²) in [5, 5.41) is 10.7. The average Bonchev–Trinajstić information content (AvgIpc) is 2.91. The molecule has 0 radical (unpaired) electrons. The van der Waals surface area contributed by atoms with E-state index in [-0.39, 0.29) is 16.4 Å². The molecule has 2 aromatic rings. The number of nitrogens with zero attached hydrogens (tertiary/aromatic N) is 1. The lowest BCUT2D eigenvalue weighted by molar-refractivity contribution is -0.384. The first-order valence-corrected chi connectivity index (χ1v) is 7.77. The monoisotopic (exact) mass is 403 g/mol. The van der Waals surface area contributed by atoms with Gasteiger partial charge >= 0.3 is 5.97 Å². The van der Waals surface area contributed by atoms with E-state index in [1.165, 1.54) is 23.5 Å². The summed E-state index contributed by atoms with van der Waals surface area (Å²) in [6, 6.07) is 6.86. The fourth-order valence-corrected chi connectivity index (χ4v) is 3.03. The Morgan fingerprint density at radius 2 is 2.05 bits per heavy atom. The van der Waals surface area contributed by atoms with Crippen molar-refractivity contribution >= 4 is 56.3 Å². The van der Waals surface area contributed by atoms with Gasteiger partial charge in [0.15, 0.2) is 6.61 Å². The maximum atomic E-state index is 11.8. The summed E-state index contributed by atoms with van der Waals surface area (Å²) < 4.78 is 5.65. The Hall–Kier alpha value is -1.77. The molecule has 0 aliphatic heterocycles. The van der Waals surface area contributed by atoms with Crippen LogP contribution in [-0.2, 0) is 4.74 Å². The van der Waals surface area contributed by atoms with Crippen molar-refractivity contribution in [2.24, 2.45) is 0 Å². The van der Waals surface area contributed by atoms with E-state index in [9.17, 15) is 19.7 Å². The minimum absolute atomic E-state index is 0.0451. The van der Waals surface area contributed by atoms with Crippen LogP contribution < -0.4 is 0 Å². The summed E-state index contributed by atoms with van der Waals surface area (Å²) in [5.41, 5.74) is -0.444. The molecule has 0 bridgehead atoms. The van der Waals surface area contributed by atoms with Gasteiger partial charge in [-0.2, -0.15) is 0 Å². The van der Waals surface area contributed by atoms with Gasteiger partial charge in [-0.3, -0.25) is 14.9 Å². The first kappa shape index (κ1) is 16.6. The molecule has 0 amide bonds. The molecule has 0 atom stereocenters. The normalized spacial score (nSPS) is 10.3. The molecule has 114 valence electrons. The van der Waals surface area contributed by atoms with Crippen LogP contribution in [0.15, 0.2) is 34.1 Å². The van der Waals surface area contributed by atoms with Gasteiger partial charge in [0.2, 0.25) is 5.78 Å². The van der Waals surface area contributed by atoms with Crippen molar-refractivity contribution in [3.05, 3.63) is 59.7 Å². The number of benzene rings is 1. The number of rotatable bonds is 5. The SMILES string of the molecule is O=C(OCC(=O)c1ccc(Br)s1)c1ccc(Cl)c([N+](=O)[O-])c1. The third-order valence-corrected chi connectivity index (χ3v) is 4.55. The fourth-order valence-electron chi connectivity index (χ4n) is 1.53. The lowest BCUT2D eigenvalue weighted by atomic mass is 10.2. The van der Waals surface area contributed by atoms with E-state index in [2.05, 4.69) is 15.9 Å². The molecule has 1 aromatic heterocycles. The lowest BCUT2D eigenvalue weighted by Crippen LogP contribution is -2.13. The average molecular weight is 405 g/mol. The molecular formula is C13H7BrClNO5S. The molecule has 6 nitrogen and oxygen atoms in total. The van der Waals surface area contributed by atoms with Crippen molar-refractivity contribution in [1.29, 1.82) is 0 Å².